The maximum Gasteiger partial charge on any atom is 0.406 e. The minimum absolute atomic E-state index is 0.0840. The van der Waals surface area contributed by atoms with Gasteiger partial charge in [0.15, 0.2) is 0 Å². The molecular formula is C15H18F3N3O2. The Morgan fingerprint density at radius 3 is 2.43 bits per heavy atom. The molecule has 1 heterocycles. The molecule has 5 nitrogen and oxygen atoms in total. The van der Waals surface area contributed by atoms with Gasteiger partial charge in [0.1, 0.15) is 12.6 Å². The summed E-state index contributed by atoms with van der Waals surface area (Å²) in [5, 5.41) is 5.62. The molecule has 0 aromatic heterocycles. The number of anilines is 2. The number of carbonyl (C=O) groups excluding carboxylic acids is 2. The summed E-state index contributed by atoms with van der Waals surface area (Å²) in [5.41, 5.74) is 1.24. The molecule has 23 heavy (non-hydrogen) atoms. The van der Waals surface area contributed by atoms with Gasteiger partial charge >= 0.3 is 6.18 Å². The van der Waals surface area contributed by atoms with Gasteiger partial charge in [-0.3, -0.25) is 9.59 Å². The monoisotopic (exact) mass is 329 g/mol. The molecule has 1 atom stereocenters. The SMILES string of the molecule is CCC(=O)Nc1ccc(N[C@H]2CCN(CC(F)(F)F)C2=O)cc1. The van der Waals surface area contributed by atoms with Crippen LogP contribution in [0.1, 0.15) is 19.8 Å². The van der Waals surface area contributed by atoms with Crippen LogP contribution in [-0.2, 0) is 9.59 Å². The molecule has 0 bridgehead atoms. The number of alkyl halides is 3. The first kappa shape index (κ1) is 17.1. The number of hydrogen-bond acceptors (Lipinski definition) is 3. The largest absolute Gasteiger partial charge is 0.406 e. The Bertz CT molecular complexity index is 572. The van der Waals surface area contributed by atoms with E-state index in [2.05, 4.69) is 10.6 Å². The Labute approximate surface area is 131 Å². The molecular weight excluding hydrogens is 311 g/mol. The van der Waals surface area contributed by atoms with Gasteiger partial charge in [-0.25, -0.2) is 0 Å². The third-order valence-electron chi connectivity index (χ3n) is 3.50. The number of hydrogen-bond donors (Lipinski definition) is 2. The number of benzene rings is 1. The topological polar surface area (TPSA) is 61.4 Å². The Hall–Kier alpha value is -2.25. The number of amides is 2. The molecule has 1 aliphatic heterocycles. The van der Waals surface area contributed by atoms with Gasteiger partial charge in [0.05, 0.1) is 0 Å². The number of halogens is 3. The van der Waals surface area contributed by atoms with Crippen molar-refractivity contribution < 1.29 is 22.8 Å². The summed E-state index contributed by atoms with van der Waals surface area (Å²) in [6, 6.07) is 6.02. The maximum absolute atomic E-state index is 12.4. The molecule has 2 rings (SSSR count). The Balaban J connectivity index is 1.92. The lowest BCUT2D eigenvalue weighted by Crippen LogP contribution is -2.39. The fraction of sp³-hybridized carbons (Fsp3) is 0.467. The second-order valence-electron chi connectivity index (χ2n) is 5.34. The van der Waals surface area contributed by atoms with Crippen LogP contribution in [-0.4, -0.2) is 42.0 Å². The minimum Gasteiger partial charge on any atom is -0.374 e. The van der Waals surface area contributed by atoms with E-state index >= 15 is 0 Å². The van der Waals surface area contributed by atoms with Crippen LogP contribution < -0.4 is 10.6 Å². The van der Waals surface area contributed by atoms with Crippen LogP contribution in [0.25, 0.3) is 0 Å². The molecule has 0 unspecified atom stereocenters. The zero-order valence-corrected chi connectivity index (χ0v) is 12.6. The number of carbonyl (C=O) groups is 2. The highest BCUT2D eigenvalue weighted by Crippen LogP contribution is 2.23. The van der Waals surface area contributed by atoms with Crippen molar-refractivity contribution in [2.75, 3.05) is 23.7 Å². The van der Waals surface area contributed by atoms with E-state index in [0.717, 1.165) is 4.90 Å². The van der Waals surface area contributed by atoms with Gasteiger partial charge in [-0.1, -0.05) is 6.92 Å². The molecule has 0 spiro atoms. The fourth-order valence-corrected chi connectivity index (χ4v) is 2.35. The summed E-state index contributed by atoms with van der Waals surface area (Å²) in [5.74, 6) is -0.662. The lowest BCUT2D eigenvalue weighted by atomic mass is 10.2. The zero-order chi connectivity index (χ0) is 17.0. The van der Waals surface area contributed by atoms with Crippen LogP contribution in [0.5, 0.6) is 0 Å². The summed E-state index contributed by atoms with van der Waals surface area (Å²) in [6.07, 6.45) is -3.70. The molecule has 2 amide bonds. The molecule has 1 saturated heterocycles. The van der Waals surface area contributed by atoms with Gasteiger partial charge in [0, 0.05) is 24.3 Å². The summed E-state index contributed by atoms with van der Waals surface area (Å²) in [7, 11) is 0. The van der Waals surface area contributed by atoms with Gasteiger partial charge < -0.3 is 15.5 Å². The maximum atomic E-state index is 12.4. The van der Waals surface area contributed by atoms with Crippen LogP contribution in [0.3, 0.4) is 0 Å². The third-order valence-corrected chi connectivity index (χ3v) is 3.50. The van der Waals surface area contributed by atoms with Gasteiger partial charge in [-0.05, 0) is 30.7 Å². The number of nitrogens with one attached hydrogen (secondary N) is 2. The lowest BCUT2D eigenvalue weighted by Gasteiger charge is -2.19. The standard InChI is InChI=1S/C15H18F3N3O2/c1-2-13(22)20-11-5-3-10(4-6-11)19-12-7-8-21(14(12)23)9-15(16,17)18/h3-6,12,19H,2,7-9H2,1H3,(H,20,22)/t12-/m0/s1. The smallest absolute Gasteiger partial charge is 0.374 e. The van der Waals surface area contributed by atoms with Crippen molar-refractivity contribution in [1.29, 1.82) is 0 Å². The van der Waals surface area contributed by atoms with E-state index in [4.69, 9.17) is 0 Å². The Kier molecular flexibility index (Phi) is 5.12. The predicted octanol–water partition coefficient (Wildman–Crippen LogP) is 2.61. The first-order chi connectivity index (χ1) is 10.8. The van der Waals surface area contributed by atoms with Crippen molar-refractivity contribution in [2.24, 2.45) is 0 Å². The molecule has 126 valence electrons. The quantitative estimate of drug-likeness (QED) is 0.873. The highest BCUT2D eigenvalue weighted by molar-refractivity contribution is 5.91. The van der Waals surface area contributed by atoms with Crippen molar-refractivity contribution >= 4 is 23.2 Å². The van der Waals surface area contributed by atoms with E-state index in [9.17, 15) is 22.8 Å². The Morgan fingerprint density at radius 2 is 1.87 bits per heavy atom. The predicted molar refractivity (Wildman–Crippen MR) is 80.0 cm³/mol. The van der Waals surface area contributed by atoms with Gasteiger partial charge in [-0.2, -0.15) is 13.2 Å². The normalized spacial score (nSPS) is 18.2. The summed E-state index contributed by atoms with van der Waals surface area (Å²) in [4.78, 5) is 24.0. The van der Waals surface area contributed by atoms with Gasteiger partial charge in [0.25, 0.3) is 0 Å². The average molecular weight is 329 g/mol. The molecule has 1 aliphatic rings. The van der Waals surface area contributed by atoms with Gasteiger partial charge in [0.2, 0.25) is 11.8 Å². The van der Waals surface area contributed by atoms with E-state index in [1.54, 1.807) is 31.2 Å². The van der Waals surface area contributed by atoms with E-state index < -0.39 is 24.7 Å². The molecule has 8 heteroatoms. The van der Waals surface area contributed by atoms with E-state index in [1.807, 2.05) is 0 Å². The highest BCUT2D eigenvalue weighted by atomic mass is 19.4. The van der Waals surface area contributed by atoms with Crippen LogP contribution in [0.4, 0.5) is 24.5 Å². The first-order valence-corrected chi connectivity index (χ1v) is 7.30. The number of likely N-dealkylation sites (tertiary alicyclic amines) is 1. The fourth-order valence-electron chi connectivity index (χ4n) is 2.35. The van der Waals surface area contributed by atoms with Crippen LogP contribution >= 0.6 is 0 Å². The third kappa shape index (κ3) is 4.87. The number of rotatable bonds is 5. The van der Waals surface area contributed by atoms with Crippen LogP contribution in [0.15, 0.2) is 24.3 Å². The summed E-state index contributed by atoms with van der Waals surface area (Å²) >= 11 is 0. The highest BCUT2D eigenvalue weighted by Gasteiger charge is 2.39. The lowest BCUT2D eigenvalue weighted by molar-refractivity contribution is -0.157. The van der Waals surface area contributed by atoms with Gasteiger partial charge in [-0.15, -0.1) is 0 Å². The molecule has 1 fully saturated rings. The van der Waals surface area contributed by atoms with E-state index in [1.165, 1.54) is 0 Å². The second-order valence-corrected chi connectivity index (χ2v) is 5.34. The minimum atomic E-state index is -4.39. The molecule has 0 aliphatic carbocycles. The van der Waals surface area contributed by atoms with Crippen molar-refractivity contribution in [3.63, 3.8) is 0 Å². The van der Waals surface area contributed by atoms with E-state index in [-0.39, 0.29) is 12.5 Å². The molecule has 1 aromatic carbocycles. The van der Waals surface area contributed by atoms with Crippen LogP contribution in [0.2, 0.25) is 0 Å². The first-order valence-electron chi connectivity index (χ1n) is 7.30. The van der Waals surface area contributed by atoms with Crippen molar-refractivity contribution in [3.8, 4) is 0 Å². The molecule has 1 aromatic rings. The Morgan fingerprint density at radius 1 is 1.26 bits per heavy atom. The summed E-state index contributed by atoms with van der Waals surface area (Å²) < 4.78 is 37.1. The summed E-state index contributed by atoms with van der Waals surface area (Å²) in [6.45, 7) is 0.607. The second kappa shape index (κ2) is 6.89. The van der Waals surface area contributed by atoms with E-state index in [0.29, 0.717) is 24.2 Å². The molecule has 2 N–H and O–H groups in total. The van der Waals surface area contributed by atoms with Crippen molar-refractivity contribution in [3.05, 3.63) is 24.3 Å². The molecule has 0 radical (unpaired) electrons. The van der Waals surface area contributed by atoms with Crippen LogP contribution in [0, 0.1) is 0 Å². The van der Waals surface area contributed by atoms with Crippen molar-refractivity contribution in [1.82, 2.24) is 4.90 Å². The molecule has 0 saturated carbocycles. The van der Waals surface area contributed by atoms with Crippen molar-refractivity contribution in [2.45, 2.75) is 32.0 Å². The zero-order valence-electron chi connectivity index (χ0n) is 12.6. The average Bonchev–Trinajstić information content (AvgIpc) is 2.80. The number of nitrogens with zero attached hydrogens (tertiary/aromatic N) is 1.